The molecule has 1 heterocycles. The molecular formula is C24H24NO3+. The van der Waals surface area contributed by atoms with Gasteiger partial charge in [0.1, 0.15) is 24.4 Å². The zero-order chi connectivity index (χ0) is 19.7. The molecule has 1 N–H and O–H groups in total. The minimum Gasteiger partial charge on any atom is -0.496 e. The van der Waals surface area contributed by atoms with E-state index in [4.69, 9.17) is 9.15 Å². The van der Waals surface area contributed by atoms with Crippen LogP contribution in [-0.2, 0) is 13.1 Å². The maximum absolute atomic E-state index is 12.1. The van der Waals surface area contributed by atoms with Crippen molar-refractivity contribution < 1.29 is 14.1 Å². The third kappa shape index (κ3) is 3.51. The van der Waals surface area contributed by atoms with E-state index >= 15 is 0 Å². The van der Waals surface area contributed by atoms with Gasteiger partial charge < -0.3 is 14.1 Å². The van der Waals surface area contributed by atoms with Gasteiger partial charge in [0.25, 0.3) is 0 Å². The molecule has 3 aromatic carbocycles. The first-order chi connectivity index (χ1) is 13.5. The fraction of sp³-hybridized carbons (Fsp3) is 0.208. The van der Waals surface area contributed by atoms with Gasteiger partial charge in [-0.1, -0.05) is 42.0 Å². The molecule has 0 fully saturated rings. The molecule has 0 saturated carbocycles. The molecule has 0 saturated heterocycles. The maximum atomic E-state index is 12.1. The first-order valence-electron chi connectivity index (χ1n) is 9.44. The number of benzene rings is 3. The standard InChI is InChI=1S/C24H23NO3/c1-16-8-10-21(27-3)18(12-16)14-25(2)15-19-13-23(26)28-22-11-9-17-6-4-5-7-20(17)24(19)22/h4-13H,14-15H2,1-3H3/p+1. The minimum absolute atomic E-state index is 0.307. The Labute approximate surface area is 164 Å². The number of quaternary nitrogens is 1. The molecule has 1 unspecified atom stereocenters. The highest BCUT2D eigenvalue weighted by molar-refractivity contribution is 6.06. The molecule has 4 aromatic rings. The second kappa shape index (κ2) is 7.49. The molecule has 1 atom stereocenters. The SMILES string of the molecule is COc1ccc(C)cc1C[NH+](C)Cc1cc(=O)oc2ccc3ccccc3c12. The van der Waals surface area contributed by atoms with Crippen LogP contribution in [0.2, 0.25) is 0 Å². The van der Waals surface area contributed by atoms with Crippen LogP contribution in [0.1, 0.15) is 16.7 Å². The molecule has 0 spiro atoms. The highest BCUT2D eigenvalue weighted by atomic mass is 16.5. The fourth-order valence-electron chi connectivity index (χ4n) is 3.92. The average Bonchev–Trinajstić information content (AvgIpc) is 2.67. The topological polar surface area (TPSA) is 43.9 Å². The van der Waals surface area contributed by atoms with E-state index in [1.807, 2.05) is 30.3 Å². The zero-order valence-electron chi connectivity index (χ0n) is 16.4. The Kier molecular flexibility index (Phi) is 4.88. The Hall–Kier alpha value is -3.11. The number of fused-ring (bicyclic) bond motifs is 3. The quantitative estimate of drug-likeness (QED) is 0.430. The molecule has 0 aliphatic heterocycles. The van der Waals surface area contributed by atoms with Crippen molar-refractivity contribution in [3.8, 4) is 5.75 Å². The summed E-state index contributed by atoms with van der Waals surface area (Å²) in [7, 11) is 3.83. The Bertz CT molecular complexity index is 1210. The van der Waals surface area contributed by atoms with Crippen molar-refractivity contribution in [2.75, 3.05) is 14.2 Å². The van der Waals surface area contributed by atoms with Crippen LogP contribution in [0, 0.1) is 6.92 Å². The van der Waals surface area contributed by atoms with Crippen LogP contribution in [0.25, 0.3) is 21.7 Å². The molecule has 28 heavy (non-hydrogen) atoms. The third-order valence-corrected chi connectivity index (χ3v) is 5.13. The minimum atomic E-state index is -0.307. The highest BCUT2D eigenvalue weighted by Gasteiger charge is 2.15. The lowest BCUT2D eigenvalue weighted by atomic mass is 10.0. The van der Waals surface area contributed by atoms with E-state index in [9.17, 15) is 4.79 Å². The van der Waals surface area contributed by atoms with E-state index in [0.717, 1.165) is 39.6 Å². The number of rotatable bonds is 5. The summed E-state index contributed by atoms with van der Waals surface area (Å²) in [6.07, 6.45) is 0. The van der Waals surface area contributed by atoms with Gasteiger partial charge in [0.2, 0.25) is 0 Å². The number of nitrogens with one attached hydrogen (secondary N) is 1. The summed E-state index contributed by atoms with van der Waals surface area (Å²) in [5.41, 5.74) is 3.71. The predicted molar refractivity (Wildman–Crippen MR) is 112 cm³/mol. The summed E-state index contributed by atoms with van der Waals surface area (Å²) < 4.78 is 11.0. The largest absolute Gasteiger partial charge is 0.496 e. The molecule has 0 bridgehead atoms. The second-order valence-corrected chi connectivity index (χ2v) is 7.38. The molecule has 0 aliphatic rings. The predicted octanol–water partition coefficient (Wildman–Crippen LogP) is 3.48. The normalized spacial score (nSPS) is 12.4. The first kappa shape index (κ1) is 18.3. The van der Waals surface area contributed by atoms with E-state index < -0.39 is 0 Å². The molecule has 4 rings (SSSR count). The lowest BCUT2D eigenvalue weighted by Crippen LogP contribution is -3.06. The number of methoxy groups -OCH3 is 1. The van der Waals surface area contributed by atoms with Gasteiger partial charge in [0.15, 0.2) is 0 Å². The van der Waals surface area contributed by atoms with Gasteiger partial charge in [-0.05, 0) is 35.9 Å². The van der Waals surface area contributed by atoms with Crippen molar-refractivity contribution in [2.24, 2.45) is 0 Å². The molecule has 1 aromatic heterocycles. The Balaban J connectivity index is 1.74. The summed E-state index contributed by atoms with van der Waals surface area (Å²) >= 11 is 0. The van der Waals surface area contributed by atoms with Crippen molar-refractivity contribution in [1.29, 1.82) is 0 Å². The van der Waals surface area contributed by atoms with Crippen LogP contribution < -0.4 is 15.3 Å². The van der Waals surface area contributed by atoms with Gasteiger partial charge in [-0.15, -0.1) is 0 Å². The number of hydrogen-bond acceptors (Lipinski definition) is 3. The van der Waals surface area contributed by atoms with Crippen molar-refractivity contribution in [3.63, 3.8) is 0 Å². The molecule has 4 nitrogen and oxygen atoms in total. The highest BCUT2D eigenvalue weighted by Crippen LogP contribution is 2.27. The maximum Gasteiger partial charge on any atom is 0.336 e. The monoisotopic (exact) mass is 374 g/mol. The van der Waals surface area contributed by atoms with Gasteiger partial charge >= 0.3 is 5.63 Å². The van der Waals surface area contributed by atoms with Crippen LogP contribution in [-0.4, -0.2) is 14.2 Å². The molecular weight excluding hydrogens is 350 g/mol. The summed E-state index contributed by atoms with van der Waals surface area (Å²) in [5.74, 6) is 0.896. The van der Waals surface area contributed by atoms with Crippen molar-refractivity contribution in [2.45, 2.75) is 20.0 Å². The second-order valence-electron chi connectivity index (χ2n) is 7.38. The molecule has 0 aliphatic carbocycles. The zero-order valence-corrected chi connectivity index (χ0v) is 16.4. The third-order valence-electron chi connectivity index (χ3n) is 5.13. The average molecular weight is 374 g/mol. The van der Waals surface area contributed by atoms with E-state index in [0.29, 0.717) is 12.1 Å². The number of ether oxygens (including phenoxy) is 1. The summed E-state index contributed by atoms with van der Waals surface area (Å²) in [5, 5.41) is 3.27. The number of aryl methyl sites for hydroxylation is 1. The molecule has 0 amide bonds. The lowest BCUT2D eigenvalue weighted by Gasteiger charge is -2.17. The van der Waals surface area contributed by atoms with Crippen molar-refractivity contribution in [3.05, 3.63) is 87.8 Å². The Morgan fingerprint density at radius 3 is 2.57 bits per heavy atom. The summed E-state index contributed by atoms with van der Waals surface area (Å²) in [6.45, 7) is 3.60. The Morgan fingerprint density at radius 1 is 0.964 bits per heavy atom. The van der Waals surface area contributed by atoms with Crippen LogP contribution >= 0.6 is 0 Å². The van der Waals surface area contributed by atoms with Gasteiger partial charge in [0.05, 0.1) is 14.2 Å². The van der Waals surface area contributed by atoms with Crippen LogP contribution in [0.5, 0.6) is 5.75 Å². The smallest absolute Gasteiger partial charge is 0.336 e. The van der Waals surface area contributed by atoms with Crippen LogP contribution in [0.15, 0.2) is 69.9 Å². The van der Waals surface area contributed by atoms with Crippen molar-refractivity contribution in [1.82, 2.24) is 0 Å². The van der Waals surface area contributed by atoms with E-state index in [1.165, 1.54) is 10.5 Å². The van der Waals surface area contributed by atoms with Gasteiger partial charge in [0, 0.05) is 22.6 Å². The molecule has 142 valence electrons. The first-order valence-corrected chi connectivity index (χ1v) is 9.44. The van der Waals surface area contributed by atoms with Gasteiger partial charge in [-0.25, -0.2) is 4.79 Å². The Morgan fingerprint density at radius 2 is 1.75 bits per heavy atom. The van der Waals surface area contributed by atoms with E-state index in [1.54, 1.807) is 13.2 Å². The van der Waals surface area contributed by atoms with Gasteiger partial charge in [-0.2, -0.15) is 0 Å². The van der Waals surface area contributed by atoms with E-state index in [2.05, 4.69) is 38.2 Å². The molecule has 4 heteroatoms. The number of hydrogen-bond donors (Lipinski definition) is 1. The van der Waals surface area contributed by atoms with Crippen LogP contribution in [0.3, 0.4) is 0 Å². The summed E-state index contributed by atoms with van der Waals surface area (Å²) in [6, 6.07) is 20.0. The van der Waals surface area contributed by atoms with Crippen molar-refractivity contribution >= 4 is 21.7 Å². The van der Waals surface area contributed by atoms with Gasteiger partial charge in [-0.3, -0.25) is 0 Å². The van der Waals surface area contributed by atoms with E-state index in [-0.39, 0.29) is 5.63 Å². The molecule has 0 radical (unpaired) electrons. The van der Waals surface area contributed by atoms with Crippen LogP contribution in [0.4, 0.5) is 0 Å². The summed E-state index contributed by atoms with van der Waals surface area (Å²) in [4.78, 5) is 13.4. The fourth-order valence-corrected chi connectivity index (χ4v) is 3.92. The lowest BCUT2D eigenvalue weighted by molar-refractivity contribution is -0.907.